The molecule has 0 unspecified atom stereocenters. The van der Waals surface area contributed by atoms with Crippen LogP contribution >= 0.6 is 24.0 Å². The smallest absolute Gasteiger partial charge is 0.266 e. The fourth-order valence-electron chi connectivity index (χ4n) is 1.83. The SMILES string of the molecule is C=CCN1C(=O)C(=Cc2ccc(OCC)cc2O)SC1=S. The molecule has 110 valence electrons. The second-order valence-electron chi connectivity index (χ2n) is 4.23. The Morgan fingerprint density at radius 1 is 1.52 bits per heavy atom. The van der Waals surface area contributed by atoms with Crippen molar-refractivity contribution in [3.8, 4) is 11.5 Å². The zero-order valence-corrected chi connectivity index (χ0v) is 13.2. The number of carbonyl (C=O) groups excluding carboxylic acids is 1. The second-order valence-corrected chi connectivity index (χ2v) is 5.91. The Hall–Kier alpha value is -1.79. The zero-order valence-electron chi connectivity index (χ0n) is 11.5. The van der Waals surface area contributed by atoms with Gasteiger partial charge in [-0.15, -0.1) is 6.58 Å². The van der Waals surface area contributed by atoms with E-state index >= 15 is 0 Å². The highest BCUT2D eigenvalue weighted by atomic mass is 32.2. The molecular weight excluding hydrogens is 306 g/mol. The van der Waals surface area contributed by atoms with E-state index in [1.807, 2.05) is 6.92 Å². The molecule has 1 fully saturated rings. The summed E-state index contributed by atoms with van der Waals surface area (Å²) in [6.07, 6.45) is 3.26. The first kappa shape index (κ1) is 15.6. The number of benzene rings is 1. The molecular formula is C15H15NO3S2. The number of thioether (sulfide) groups is 1. The first-order valence-electron chi connectivity index (χ1n) is 6.39. The van der Waals surface area contributed by atoms with E-state index < -0.39 is 0 Å². The average Bonchev–Trinajstić information content (AvgIpc) is 2.70. The number of aromatic hydroxyl groups is 1. The number of rotatable bonds is 5. The summed E-state index contributed by atoms with van der Waals surface area (Å²) < 4.78 is 5.80. The minimum atomic E-state index is -0.168. The van der Waals surface area contributed by atoms with Crippen LogP contribution in [0.25, 0.3) is 6.08 Å². The molecule has 1 heterocycles. The third-order valence-electron chi connectivity index (χ3n) is 2.78. The van der Waals surface area contributed by atoms with E-state index in [-0.39, 0.29) is 11.7 Å². The van der Waals surface area contributed by atoms with Gasteiger partial charge in [-0.25, -0.2) is 0 Å². The van der Waals surface area contributed by atoms with Crippen molar-refractivity contribution in [1.29, 1.82) is 0 Å². The van der Waals surface area contributed by atoms with Crippen molar-refractivity contribution in [3.05, 3.63) is 41.3 Å². The lowest BCUT2D eigenvalue weighted by Gasteiger charge is -2.10. The summed E-state index contributed by atoms with van der Waals surface area (Å²) in [6, 6.07) is 4.99. The molecule has 1 N–H and O–H groups in total. The number of ether oxygens (including phenoxy) is 1. The van der Waals surface area contributed by atoms with E-state index in [2.05, 4.69) is 6.58 Å². The number of phenolic OH excluding ortho intramolecular Hbond substituents is 1. The molecule has 0 spiro atoms. The second kappa shape index (κ2) is 6.78. The summed E-state index contributed by atoms with van der Waals surface area (Å²) in [5, 5.41) is 9.99. The largest absolute Gasteiger partial charge is 0.507 e. The molecule has 4 nitrogen and oxygen atoms in total. The van der Waals surface area contributed by atoms with Crippen LogP contribution in [-0.4, -0.2) is 33.4 Å². The fraction of sp³-hybridized carbons (Fsp3) is 0.200. The highest BCUT2D eigenvalue weighted by Crippen LogP contribution is 2.34. The summed E-state index contributed by atoms with van der Waals surface area (Å²) in [4.78, 5) is 14.2. The van der Waals surface area contributed by atoms with Crippen LogP contribution in [0.1, 0.15) is 12.5 Å². The molecule has 0 saturated carbocycles. The average molecular weight is 321 g/mol. The van der Waals surface area contributed by atoms with Crippen molar-refractivity contribution >= 4 is 40.3 Å². The Bertz CT molecular complexity index is 625. The zero-order chi connectivity index (χ0) is 15.4. The number of thiocarbonyl (C=S) groups is 1. The van der Waals surface area contributed by atoms with Gasteiger partial charge in [0.1, 0.15) is 15.8 Å². The Balaban J connectivity index is 2.26. The molecule has 1 aliphatic rings. The van der Waals surface area contributed by atoms with Gasteiger partial charge < -0.3 is 9.84 Å². The predicted molar refractivity (Wildman–Crippen MR) is 89.4 cm³/mol. The molecule has 21 heavy (non-hydrogen) atoms. The van der Waals surface area contributed by atoms with Crippen LogP contribution in [0, 0.1) is 0 Å². The third kappa shape index (κ3) is 3.46. The minimum absolute atomic E-state index is 0.0648. The molecule has 1 aromatic rings. The molecule has 2 rings (SSSR count). The first-order chi connectivity index (χ1) is 10.1. The van der Waals surface area contributed by atoms with E-state index in [4.69, 9.17) is 17.0 Å². The van der Waals surface area contributed by atoms with Crippen LogP contribution in [0.5, 0.6) is 11.5 Å². The van der Waals surface area contributed by atoms with Gasteiger partial charge in [0.15, 0.2) is 0 Å². The Morgan fingerprint density at radius 2 is 2.29 bits per heavy atom. The maximum atomic E-state index is 12.2. The third-order valence-corrected chi connectivity index (χ3v) is 4.16. The lowest BCUT2D eigenvalue weighted by atomic mass is 10.1. The minimum Gasteiger partial charge on any atom is -0.507 e. The molecule has 6 heteroatoms. The molecule has 1 aromatic carbocycles. The van der Waals surface area contributed by atoms with E-state index in [9.17, 15) is 9.90 Å². The Kier molecular flexibility index (Phi) is 5.03. The number of amides is 1. The van der Waals surface area contributed by atoms with Crippen molar-refractivity contribution in [3.63, 3.8) is 0 Å². The lowest BCUT2D eigenvalue weighted by molar-refractivity contribution is -0.121. The fourth-order valence-corrected chi connectivity index (χ4v) is 3.10. The highest BCUT2D eigenvalue weighted by molar-refractivity contribution is 8.26. The van der Waals surface area contributed by atoms with Crippen molar-refractivity contribution in [2.24, 2.45) is 0 Å². The molecule has 1 saturated heterocycles. The Morgan fingerprint density at radius 3 is 2.90 bits per heavy atom. The summed E-state index contributed by atoms with van der Waals surface area (Å²) in [6.45, 7) is 6.39. The van der Waals surface area contributed by atoms with E-state index in [1.54, 1.807) is 24.3 Å². The van der Waals surface area contributed by atoms with Crippen molar-refractivity contribution in [2.45, 2.75) is 6.92 Å². The van der Waals surface area contributed by atoms with E-state index in [0.717, 1.165) is 0 Å². The van der Waals surface area contributed by atoms with E-state index in [1.165, 1.54) is 22.7 Å². The predicted octanol–water partition coefficient (Wildman–Crippen LogP) is 3.18. The summed E-state index contributed by atoms with van der Waals surface area (Å²) in [5.41, 5.74) is 0.553. The van der Waals surface area contributed by atoms with Crippen LogP contribution in [0.3, 0.4) is 0 Å². The van der Waals surface area contributed by atoms with Crippen LogP contribution < -0.4 is 4.74 Å². The highest BCUT2D eigenvalue weighted by Gasteiger charge is 2.31. The van der Waals surface area contributed by atoms with Crippen molar-refractivity contribution in [2.75, 3.05) is 13.2 Å². The summed E-state index contributed by atoms with van der Waals surface area (Å²) in [5.74, 6) is 0.486. The molecule has 1 amide bonds. The monoisotopic (exact) mass is 321 g/mol. The van der Waals surface area contributed by atoms with Crippen LogP contribution in [0.2, 0.25) is 0 Å². The normalized spacial score (nSPS) is 16.6. The van der Waals surface area contributed by atoms with Gasteiger partial charge in [0, 0.05) is 18.2 Å². The van der Waals surface area contributed by atoms with Gasteiger partial charge in [-0.3, -0.25) is 9.69 Å². The molecule has 1 aliphatic heterocycles. The van der Waals surface area contributed by atoms with Crippen molar-refractivity contribution < 1.29 is 14.6 Å². The van der Waals surface area contributed by atoms with Gasteiger partial charge in [-0.05, 0) is 25.1 Å². The van der Waals surface area contributed by atoms with Crippen LogP contribution in [0.4, 0.5) is 0 Å². The van der Waals surface area contributed by atoms with Crippen LogP contribution in [0.15, 0.2) is 35.8 Å². The number of nitrogens with zero attached hydrogens (tertiary/aromatic N) is 1. The molecule has 0 atom stereocenters. The van der Waals surface area contributed by atoms with Gasteiger partial charge in [0.05, 0.1) is 11.5 Å². The number of hydrogen-bond donors (Lipinski definition) is 1. The van der Waals surface area contributed by atoms with Gasteiger partial charge in [0.2, 0.25) is 0 Å². The molecule has 0 bridgehead atoms. The lowest BCUT2D eigenvalue weighted by Crippen LogP contribution is -2.27. The number of phenols is 1. The van der Waals surface area contributed by atoms with Crippen molar-refractivity contribution in [1.82, 2.24) is 4.90 Å². The molecule has 0 aliphatic carbocycles. The Labute approximate surface area is 133 Å². The number of hydrogen-bond acceptors (Lipinski definition) is 5. The maximum Gasteiger partial charge on any atom is 0.266 e. The quantitative estimate of drug-likeness (QED) is 0.513. The van der Waals surface area contributed by atoms with Gasteiger partial charge in [-0.1, -0.05) is 30.1 Å². The van der Waals surface area contributed by atoms with E-state index in [0.29, 0.717) is 33.7 Å². The number of carbonyl (C=O) groups is 1. The molecule has 0 radical (unpaired) electrons. The van der Waals surface area contributed by atoms with Gasteiger partial charge >= 0.3 is 0 Å². The standard InChI is InChI=1S/C15H15NO3S2/c1-3-7-16-14(18)13(21-15(16)20)8-10-5-6-11(19-4-2)9-12(10)17/h3,5-6,8-9,17H,1,4,7H2,2H3. The summed E-state index contributed by atoms with van der Waals surface area (Å²) >= 11 is 6.38. The molecule has 0 aromatic heterocycles. The topological polar surface area (TPSA) is 49.8 Å². The van der Waals surface area contributed by atoms with Gasteiger partial charge in [-0.2, -0.15) is 0 Å². The first-order valence-corrected chi connectivity index (χ1v) is 7.61. The summed E-state index contributed by atoms with van der Waals surface area (Å²) in [7, 11) is 0. The van der Waals surface area contributed by atoms with Gasteiger partial charge in [0.25, 0.3) is 5.91 Å². The van der Waals surface area contributed by atoms with Crippen LogP contribution in [-0.2, 0) is 4.79 Å². The maximum absolute atomic E-state index is 12.2.